The summed E-state index contributed by atoms with van der Waals surface area (Å²) in [4.78, 5) is 59.9. The fraction of sp³-hybridized carbons (Fsp3) is 0.240. The molecule has 0 saturated heterocycles. The van der Waals surface area contributed by atoms with Crippen molar-refractivity contribution in [2.45, 2.75) is 33.9 Å². The van der Waals surface area contributed by atoms with Crippen LogP contribution < -0.4 is 16.1 Å². The third kappa shape index (κ3) is 4.78. The van der Waals surface area contributed by atoms with Gasteiger partial charge in [-0.3, -0.25) is 19.1 Å². The number of aromatic amines is 1. The minimum atomic E-state index is -0.537. The lowest BCUT2D eigenvalue weighted by molar-refractivity contribution is 0.0531. The van der Waals surface area contributed by atoms with Gasteiger partial charge in [0.1, 0.15) is 4.88 Å². The summed E-state index contributed by atoms with van der Waals surface area (Å²) in [5, 5.41) is 0.654. The zero-order valence-electron chi connectivity index (χ0n) is 19.5. The molecule has 1 N–H and O–H groups in total. The molecular formula is C25H24N4O5S. The van der Waals surface area contributed by atoms with E-state index in [0.717, 1.165) is 21.5 Å². The van der Waals surface area contributed by atoms with Crippen molar-refractivity contribution >= 4 is 39.2 Å². The molecule has 0 aliphatic carbocycles. The van der Waals surface area contributed by atoms with Crippen LogP contribution in [0.3, 0.4) is 0 Å². The van der Waals surface area contributed by atoms with Gasteiger partial charge in [-0.1, -0.05) is 41.7 Å². The summed E-state index contributed by atoms with van der Waals surface area (Å²) in [5.74, 6) is -0.878. The van der Waals surface area contributed by atoms with E-state index in [9.17, 15) is 19.2 Å². The molecule has 4 aromatic rings. The van der Waals surface area contributed by atoms with E-state index in [4.69, 9.17) is 4.74 Å². The summed E-state index contributed by atoms with van der Waals surface area (Å²) in [6, 6.07) is 14.0. The van der Waals surface area contributed by atoms with Crippen LogP contribution in [0.2, 0.25) is 0 Å². The topological polar surface area (TPSA) is 114 Å². The van der Waals surface area contributed by atoms with Crippen molar-refractivity contribution in [3.63, 3.8) is 0 Å². The maximum Gasteiger partial charge on any atom is 0.350 e. The van der Waals surface area contributed by atoms with Gasteiger partial charge >= 0.3 is 11.7 Å². The van der Waals surface area contributed by atoms with Crippen LogP contribution in [0.25, 0.3) is 10.9 Å². The first-order valence-corrected chi connectivity index (χ1v) is 11.9. The number of carbonyl (C=O) groups excluding carboxylic acids is 2. The van der Waals surface area contributed by atoms with Gasteiger partial charge in [-0.25, -0.2) is 14.6 Å². The van der Waals surface area contributed by atoms with Crippen LogP contribution in [0.15, 0.2) is 58.1 Å². The molecule has 0 spiro atoms. The number of carbonyl (C=O) groups is 2. The molecule has 0 radical (unpaired) electrons. The first kappa shape index (κ1) is 24.1. The van der Waals surface area contributed by atoms with Crippen molar-refractivity contribution in [1.29, 1.82) is 0 Å². The van der Waals surface area contributed by atoms with E-state index >= 15 is 0 Å². The zero-order chi connectivity index (χ0) is 25.1. The van der Waals surface area contributed by atoms with Crippen LogP contribution in [0.4, 0.5) is 5.13 Å². The lowest BCUT2D eigenvalue weighted by Crippen LogP contribution is -2.34. The molecule has 10 heteroatoms. The van der Waals surface area contributed by atoms with Crippen LogP contribution in [0, 0.1) is 6.92 Å². The number of thiazole rings is 1. The van der Waals surface area contributed by atoms with Gasteiger partial charge in [0, 0.05) is 12.1 Å². The van der Waals surface area contributed by atoms with E-state index in [1.807, 2.05) is 30.3 Å². The SMILES string of the molecule is CCOC(=O)c1sc(N(Cc2ccccc2)C(=O)c2ccc3c(=O)n(CC)c(=O)[nH]c3c2)nc1C. The van der Waals surface area contributed by atoms with Gasteiger partial charge in [0.25, 0.3) is 11.5 Å². The zero-order valence-corrected chi connectivity index (χ0v) is 20.3. The summed E-state index contributed by atoms with van der Waals surface area (Å²) in [6.45, 7) is 5.80. The summed E-state index contributed by atoms with van der Waals surface area (Å²) >= 11 is 1.08. The average molecular weight is 493 g/mol. The standard InChI is InChI=1S/C25H24N4O5S/c1-4-28-22(31)18-12-11-17(13-19(18)27-24(28)33)21(30)29(14-16-9-7-6-8-10-16)25-26-15(3)20(35-25)23(32)34-5-2/h6-13H,4-5,14H2,1-3H3,(H,27,33). The fourth-order valence-corrected chi connectivity index (χ4v) is 4.66. The Labute approximate surface area is 204 Å². The van der Waals surface area contributed by atoms with Crippen LogP contribution in [0.1, 0.15) is 45.1 Å². The Morgan fingerprint density at radius 3 is 2.54 bits per heavy atom. The molecule has 35 heavy (non-hydrogen) atoms. The number of hydrogen-bond acceptors (Lipinski definition) is 7. The predicted molar refractivity (Wildman–Crippen MR) is 134 cm³/mol. The maximum atomic E-state index is 13.7. The van der Waals surface area contributed by atoms with Crippen LogP contribution in [0.5, 0.6) is 0 Å². The van der Waals surface area contributed by atoms with E-state index in [0.29, 0.717) is 21.1 Å². The number of nitrogens with one attached hydrogen (secondary N) is 1. The number of amides is 1. The second-order valence-electron chi connectivity index (χ2n) is 7.75. The van der Waals surface area contributed by atoms with Gasteiger partial charge in [0.15, 0.2) is 5.13 Å². The minimum absolute atomic E-state index is 0.209. The van der Waals surface area contributed by atoms with Crippen molar-refractivity contribution in [3.05, 3.63) is 91.1 Å². The Balaban J connectivity index is 1.79. The number of anilines is 1. The quantitative estimate of drug-likeness (QED) is 0.395. The average Bonchev–Trinajstić information content (AvgIpc) is 3.24. The highest BCUT2D eigenvalue weighted by Crippen LogP contribution is 2.29. The number of H-pyrrole nitrogens is 1. The van der Waals surface area contributed by atoms with E-state index in [1.54, 1.807) is 26.8 Å². The van der Waals surface area contributed by atoms with Gasteiger partial charge in [0.2, 0.25) is 0 Å². The smallest absolute Gasteiger partial charge is 0.350 e. The number of nitrogens with zero attached hydrogens (tertiary/aromatic N) is 3. The molecule has 0 atom stereocenters. The second kappa shape index (κ2) is 10.1. The molecular weight excluding hydrogens is 468 g/mol. The van der Waals surface area contributed by atoms with Crippen LogP contribution >= 0.6 is 11.3 Å². The Morgan fingerprint density at radius 2 is 1.86 bits per heavy atom. The van der Waals surface area contributed by atoms with E-state index in [1.165, 1.54) is 17.0 Å². The number of aryl methyl sites for hydroxylation is 1. The van der Waals surface area contributed by atoms with Crippen LogP contribution in [-0.2, 0) is 17.8 Å². The van der Waals surface area contributed by atoms with E-state index in [2.05, 4.69) is 9.97 Å². The van der Waals surface area contributed by atoms with Crippen molar-refractivity contribution in [3.8, 4) is 0 Å². The summed E-state index contributed by atoms with van der Waals surface area (Å²) in [7, 11) is 0. The molecule has 0 bridgehead atoms. The molecule has 2 aromatic carbocycles. The maximum absolute atomic E-state index is 13.7. The number of benzene rings is 2. The van der Waals surface area contributed by atoms with Crippen molar-refractivity contribution < 1.29 is 14.3 Å². The summed E-state index contributed by atoms with van der Waals surface area (Å²) < 4.78 is 6.22. The highest BCUT2D eigenvalue weighted by Gasteiger charge is 2.25. The largest absolute Gasteiger partial charge is 0.462 e. The highest BCUT2D eigenvalue weighted by atomic mass is 32.1. The normalized spacial score (nSPS) is 10.9. The van der Waals surface area contributed by atoms with Crippen molar-refractivity contribution in [2.75, 3.05) is 11.5 Å². The first-order chi connectivity index (χ1) is 16.8. The van der Waals surface area contributed by atoms with Gasteiger partial charge in [-0.15, -0.1) is 0 Å². The number of ether oxygens (including phenoxy) is 1. The van der Waals surface area contributed by atoms with E-state index in [-0.39, 0.29) is 36.7 Å². The number of aromatic nitrogens is 3. The Morgan fingerprint density at radius 1 is 1.11 bits per heavy atom. The number of rotatable bonds is 7. The Bertz CT molecular complexity index is 1520. The lowest BCUT2D eigenvalue weighted by Gasteiger charge is -2.20. The number of esters is 1. The fourth-order valence-electron chi connectivity index (χ4n) is 3.71. The third-order valence-electron chi connectivity index (χ3n) is 5.45. The van der Waals surface area contributed by atoms with Crippen molar-refractivity contribution in [1.82, 2.24) is 14.5 Å². The molecule has 0 unspecified atom stereocenters. The van der Waals surface area contributed by atoms with Gasteiger partial charge < -0.3 is 9.72 Å². The molecule has 0 saturated carbocycles. The molecule has 4 rings (SSSR count). The lowest BCUT2D eigenvalue weighted by atomic mass is 10.1. The van der Waals surface area contributed by atoms with Gasteiger partial charge in [0.05, 0.1) is 29.7 Å². The molecule has 1 amide bonds. The summed E-state index contributed by atoms with van der Waals surface area (Å²) in [6.07, 6.45) is 0. The number of hydrogen-bond donors (Lipinski definition) is 1. The molecule has 0 fully saturated rings. The third-order valence-corrected chi connectivity index (χ3v) is 6.61. The summed E-state index contributed by atoms with van der Waals surface area (Å²) in [5.41, 5.74) is 0.927. The highest BCUT2D eigenvalue weighted by molar-refractivity contribution is 7.17. The van der Waals surface area contributed by atoms with Gasteiger partial charge in [-0.05, 0) is 44.5 Å². The molecule has 180 valence electrons. The van der Waals surface area contributed by atoms with E-state index < -0.39 is 17.2 Å². The molecule has 2 heterocycles. The monoisotopic (exact) mass is 492 g/mol. The predicted octanol–water partition coefficient (Wildman–Crippen LogP) is 3.50. The molecule has 0 aliphatic heterocycles. The molecule has 0 aliphatic rings. The molecule has 9 nitrogen and oxygen atoms in total. The minimum Gasteiger partial charge on any atom is -0.462 e. The van der Waals surface area contributed by atoms with Gasteiger partial charge in [-0.2, -0.15) is 0 Å². The van der Waals surface area contributed by atoms with Crippen molar-refractivity contribution in [2.24, 2.45) is 0 Å². The molecule has 2 aromatic heterocycles. The van der Waals surface area contributed by atoms with Crippen LogP contribution in [-0.4, -0.2) is 33.0 Å². The number of fused-ring (bicyclic) bond motifs is 1. The first-order valence-electron chi connectivity index (χ1n) is 11.1. The Hall–Kier alpha value is -4.05. The second-order valence-corrected chi connectivity index (χ2v) is 8.73. The Kier molecular flexibility index (Phi) is 6.92.